The van der Waals surface area contributed by atoms with E-state index < -0.39 is 34.5 Å². The van der Waals surface area contributed by atoms with Gasteiger partial charge in [-0.15, -0.1) is 0 Å². The zero-order valence-corrected chi connectivity index (χ0v) is 26.9. The zero-order chi connectivity index (χ0) is 33.8. The Hall–Kier alpha value is -6.15. The van der Waals surface area contributed by atoms with Crippen molar-refractivity contribution in [2.45, 2.75) is 17.8 Å². The quantitative estimate of drug-likeness (QED) is 0.196. The van der Waals surface area contributed by atoms with Crippen LogP contribution in [0.4, 0.5) is 5.69 Å². The van der Waals surface area contributed by atoms with Crippen LogP contribution in [-0.2, 0) is 25.2 Å². The molecule has 5 aromatic carbocycles. The third kappa shape index (κ3) is 3.47. The van der Waals surface area contributed by atoms with Crippen LogP contribution in [0.3, 0.4) is 0 Å². The molecule has 2 aliphatic carbocycles. The van der Waals surface area contributed by atoms with Crippen LogP contribution < -0.4 is 23.8 Å². The van der Waals surface area contributed by atoms with E-state index in [0.717, 1.165) is 5.56 Å². The minimum atomic E-state index is -1.55. The number of allylic oxidation sites excluding steroid dienone is 2. The molecule has 50 heavy (non-hydrogen) atoms. The Labute approximate surface area is 287 Å². The molecule has 2 fully saturated rings. The Morgan fingerprint density at radius 3 is 1.50 bits per heavy atom. The molecular formula is C42H29NO7. The predicted molar refractivity (Wildman–Crippen MR) is 184 cm³/mol. The summed E-state index contributed by atoms with van der Waals surface area (Å²) in [6.45, 7) is 2.08. The van der Waals surface area contributed by atoms with Crippen molar-refractivity contribution < 1.29 is 33.3 Å². The summed E-state index contributed by atoms with van der Waals surface area (Å²) in [6, 6.07) is 37.6. The van der Waals surface area contributed by atoms with E-state index in [9.17, 15) is 0 Å². The van der Waals surface area contributed by atoms with Crippen LogP contribution >= 0.6 is 0 Å². The molecule has 4 atom stereocenters. The molecular weight excluding hydrogens is 630 g/mol. The Bertz CT molecular complexity index is 2190. The molecule has 0 radical (unpaired) electrons. The van der Waals surface area contributed by atoms with Crippen LogP contribution in [0.5, 0.6) is 23.0 Å². The molecule has 8 heteroatoms. The summed E-state index contributed by atoms with van der Waals surface area (Å²) in [5.74, 6) is -0.813. The summed E-state index contributed by atoms with van der Waals surface area (Å²) in [7, 11) is 0. The van der Waals surface area contributed by atoms with Gasteiger partial charge < -0.3 is 18.9 Å². The van der Waals surface area contributed by atoms with Crippen molar-refractivity contribution in [2.75, 3.05) is 18.5 Å². The van der Waals surface area contributed by atoms with Crippen molar-refractivity contribution in [1.82, 2.24) is 0 Å². The summed E-state index contributed by atoms with van der Waals surface area (Å²) >= 11 is 0. The molecule has 2 bridgehead atoms. The SMILES string of the molecule is Cc1cccc(N2C(=O)C3C(C2=O)[C@]2(c4ccccc4)C(=O)[C@]3(c3ccccc3)C(c3ccc4c(c3)OCO4)=C2c2ccc3c(c2)OCO3)c1. The largest absolute Gasteiger partial charge is 0.454 e. The number of imide groups is 1. The summed E-state index contributed by atoms with van der Waals surface area (Å²) in [6.07, 6.45) is 0. The maximum atomic E-state index is 16.2. The molecule has 3 aliphatic heterocycles. The van der Waals surface area contributed by atoms with Gasteiger partial charge >= 0.3 is 0 Å². The second kappa shape index (κ2) is 10.2. The number of Topliss-reactive ketones (excluding diaryl/α,β-unsaturated/α-hetero) is 1. The minimum absolute atomic E-state index is 0.0761. The first kappa shape index (κ1) is 28.8. The minimum Gasteiger partial charge on any atom is -0.454 e. The number of carbonyl (C=O) groups excluding carboxylic acids is 3. The summed E-state index contributed by atoms with van der Waals surface area (Å²) in [4.78, 5) is 47.9. The van der Waals surface area contributed by atoms with Crippen LogP contribution in [0.2, 0.25) is 0 Å². The maximum Gasteiger partial charge on any atom is 0.239 e. The lowest BCUT2D eigenvalue weighted by Crippen LogP contribution is -2.45. The highest BCUT2D eigenvalue weighted by molar-refractivity contribution is 6.39. The van der Waals surface area contributed by atoms with Gasteiger partial charge in [0.25, 0.3) is 0 Å². The number of rotatable bonds is 5. The van der Waals surface area contributed by atoms with Crippen molar-refractivity contribution in [2.24, 2.45) is 11.8 Å². The van der Waals surface area contributed by atoms with Crippen molar-refractivity contribution in [3.05, 3.63) is 149 Å². The summed E-state index contributed by atoms with van der Waals surface area (Å²) in [5.41, 5.74) is 2.30. The van der Waals surface area contributed by atoms with E-state index in [4.69, 9.17) is 18.9 Å². The standard InChI is InChI=1S/C42H29NO7/c1-24-9-8-14-29(19-24)43-38(44)36-37(39(43)45)42(28-12-6-3-7-13-28)35(26-16-18-31-33(21-26)50-23-48-31)34(25-15-17-30-32(20-25)49-22-47-30)41(36,40(42)46)27-10-4-2-5-11-27/h2-21,36-37H,22-23H2,1H3/t36?,37?,41-,42-/m1/s1. The molecule has 1 saturated carbocycles. The first-order valence-electron chi connectivity index (χ1n) is 16.6. The monoisotopic (exact) mass is 659 g/mol. The molecule has 5 aliphatic rings. The highest BCUT2D eigenvalue weighted by atomic mass is 16.7. The zero-order valence-electron chi connectivity index (χ0n) is 26.9. The number of anilines is 1. The molecule has 0 aromatic heterocycles. The van der Waals surface area contributed by atoms with E-state index in [1.165, 1.54) is 4.90 Å². The van der Waals surface area contributed by atoms with E-state index in [0.29, 0.717) is 62.1 Å². The Balaban J connectivity index is 1.37. The molecule has 244 valence electrons. The van der Waals surface area contributed by atoms with Gasteiger partial charge in [-0.2, -0.15) is 0 Å². The van der Waals surface area contributed by atoms with Crippen LogP contribution in [0, 0.1) is 18.8 Å². The number of hydrogen-bond donors (Lipinski definition) is 0. The number of hydrogen-bond acceptors (Lipinski definition) is 7. The molecule has 2 amide bonds. The number of fused-ring (bicyclic) bond motifs is 7. The smallest absolute Gasteiger partial charge is 0.239 e. The molecule has 10 rings (SSSR count). The van der Waals surface area contributed by atoms with Gasteiger partial charge in [0.05, 0.1) is 28.4 Å². The van der Waals surface area contributed by atoms with E-state index in [-0.39, 0.29) is 19.4 Å². The molecule has 0 N–H and O–H groups in total. The van der Waals surface area contributed by atoms with Gasteiger partial charge in [0.15, 0.2) is 28.8 Å². The molecule has 0 spiro atoms. The van der Waals surface area contributed by atoms with Gasteiger partial charge in [-0.1, -0.05) is 84.9 Å². The second-order valence-electron chi connectivity index (χ2n) is 13.4. The van der Waals surface area contributed by atoms with Crippen LogP contribution in [0.25, 0.3) is 11.1 Å². The Morgan fingerprint density at radius 2 is 1.02 bits per heavy atom. The van der Waals surface area contributed by atoms with Crippen LogP contribution in [-0.4, -0.2) is 31.2 Å². The van der Waals surface area contributed by atoms with Crippen molar-refractivity contribution >= 4 is 34.4 Å². The fraction of sp³-hybridized carbons (Fsp3) is 0.167. The number of ether oxygens (including phenoxy) is 4. The van der Waals surface area contributed by atoms with Gasteiger partial charge in [-0.25, -0.2) is 4.90 Å². The number of nitrogens with zero attached hydrogens (tertiary/aromatic N) is 1. The van der Waals surface area contributed by atoms with Crippen molar-refractivity contribution in [3.63, 3.8) is 0 Å². The summed E-state index contributed by atoms with van der Waals surface area (Å²) in [5, 5.41) is 0. The second-order valence-corrected chi connectivity index (χ2v) is 13.4. The summed E-state index contributed by atoms with van der Waals surface area (Å²) < 4.78 is 23.1. The number of benzene rings is 5. The fourth-order valence-corrected chi connectivity index (χ4v) is 9.25. The van der Waals surface area contributed by atoms with Crippen molar-refractivity contribution in [1.29, 1.82) is 0 Å². The highest BCUT2D eigenvalue weighted by Gasteiger charge is 2.82. The normalized spacial score (nSPS) is 25.5. The lowest BCUT2D eigenvalue weighted by Gasteiger charge is -2.39. The molecule has 8 nitrogen and oxygen atoms in total. The van der Waals surface area contributed by atoms with E-state index in [2.05, 4.69) is 0 Å². The first-order valence-corrected chi connectivity index (χ1v) is 16.6. The number of carbonyl (C=O) groups is 3. The molecule has 1 saturated heterocycles. The fourth-order valence-electron chi connectivity index (χ4n) is 9.25. The Kier molecular flexibility index (Phi) is 5.87. The van der Waals surface area contributed by atoms with Gasteiger partial charge in [0.1, 0.15) is 0 Å². The van der Waals surface area contributed by atoms with Gasteiger partial charge in [-0.05, 0) is 82.3 Å². The van der Waals surface area contributed by atoms with Crippen LogP contribution in [0.1, 0.15) is 27.8 Å². The third-order valence-electron chi connectivity index (χ3n) is 11.0. The maximum absolute atomic E-state index is 16.2. The average molecular weight is 660 g/mol. The van der Waals surface area contributed by atoms with E-state index >= 15 is 14.4 Å². The topological polar surface area (TPSA) is 91.4 Å². The molecule has 5 aromatic rings. The lowest BCUT2D eigenvalue weighted by atomic mass is 9.59. The van der Waals surface area contributed by atoms with E-state index in [1.54, 1.807) is 6.07 Å². The average Bonchev–Trinajstić information content (AvgIpc) is 3.95. The molecule has 2 unspecified atom stereocenters. The van der Waals surface area contributed by atoms with Gasteiger partial charge in [0, 0.05) is 0 Å². The predicted octanol–water partition coefficient (Wildman–Crippen LogP) is 6.64. The van der Waals surface area contributed by atoms with Gasteiger partial charge in [0.2, 0.25) is 25.4 Å². The van der Waals surface area contributed by atoms with Gasteiger partial charge in [-0.3, -0.25) is 14.4 Å². The number of aryl methyl sites for hydroxylation is 1. The van der Waals surface area contributed by atoms with Crippen LogP contribution in [0.15, 0.2) is 121 Å². The Morgan fingerprint density at radius 1 is 0.540 bits per heavy atom. The van der Waals surface area contributed by atoms with E-state index in [1.807, 2.05) is 122 Å². The first-order chi connectivity index (χ1) is 24.5. The number of ketones is 1. The highest BCUT2D eigenvalue weighted by Crippen LogP contribution is 2.74. The third-order valence-corrected chi connectivity index (χ3v) is 11.0. The lowest BCUT2D eigenvalue weighted by molar-refractivity contribution is -0.130. The molecule has 3 heterocycles. The van der Waals surface area contributed by atoms with Crippen molar-refractivity contribution in [3.8, 4) is 23.0 Å². The number of amides is 2.